The quantitative estimate of drug-likeness (QED) is 0.695. The number of benzene rings is 2. The topological polar surface area (TPSA) is 85.4 Å². The molecule has 29 heavy (non-hydrogen) atoms. The molecule has 2 N–H and O–H groups in total. The standard InChI is InChI=1S/C20H16F2N4O3/c1-11-23-16(20(27)26-12-2-4-14(21)15(22)8-12)10-19(24-11)25-13-3-5-17-18(9-13)29-7-6-28-17/h2-5,8-10H,6-7H2,1H3,(H,26,27)(H,23,24,25). The molecule has 9 heteroatoms. The summed E-state index contributed by atoms with van der Waals surface area (Å²) in [6.07, 6.45) is 0. The van der Waals surface area contributed by atoms with Gasteiger partial charge in [-0.3, -0.25) is 4.79 Å². The number of halogens is 2. The highest BCUT2D eigenvalue weighted by Crippen LogP contribution is 2.33. The molecule has 148 valence electrons. The molecule has 0 radical (unpaired) electrons. The fourth-order valence-electron chi connectivity index (χ4n) is 2.79. The Morgan fingerprint density at radius 1 is 0.931 bits per heavy atom. The predicted octanol–water partition coefficient (Wildman–Crippen LogP) is 3.83. The molecule has 0 saturated carbocycles. The lowest BCUT2D eigenvalue weighted by atomic mass is 10.2. The van der Waals surface area contributed by atoms with Crippen LogP contribution in [0.15, 0.2) is 42.5 Å². The molecule has 1 aromatic heterocycles. The van der Waals surface area contributed by atoms with E-state index in [1.807, 2.05) is 0 Å². The number of hydrogen-bond acceptors (Lipinski definition) is 6. The highest BCUT2D eigenvalue weighted by Gasteiger charge is 2.15. The van der Waals surface area contributed by atoms with Crippen molar-refractivity contribution in [2.24, 2.45) is 0 Å². The van der Waals surface area contributed by atoms with Gasteiger partial charge < -0.3 is 20.1 Å². The molecule has 0 atom stereocenters. The lowest BCUT2D eigenvalue weighted by molar-refractivity contribution is 0.102. The first-order chi connectivity index (χ1) is 14.0. The van der Waals surface area contributed by atoms with Crippen molar-refractivity contribution in [1.82, 2.24) is 9.97 Å². The van der Waals surface area contributed by atoms with Gasteiger partial charge in [-0.1, -0.05) is 0 Å². The number of carbonyl (C=O) groups is 1. The summed E-state index contributed by atoms with van der Waals surface area (Å²) in [7, 11) is 0. The zero-order chi connectivity index (χ0) is 20.4. The van der Waals surface area contributed by atoms with Crippen molar-refractivity contribution < 1.29 is 23.0 Å². The SMILES string of the molecule is Cc1nc(Nc2ccc3c(c2)OCCO3)cc(C(=O)Nc2ccc(F)c(F)c2)n1. The molecule has 1 aliphatic rings. The van der Waals surface area contributed by atoms with Gasteiger partial charge in [0.05, 0.1) is 0 Å². The first kappa shape index (κ1) is 18.6. The summed E-state index contributed by atoms with van der Waals surface area (Å²) in [5.74, 6) is -0.593. The van der Waals surface area contributed by atoms with Gasteiger partial charge >= 0.3 is 0 Å². The van der Waals surface area contributed by atoms with Crippen LogP contribution in [-0.2, 0) is 0 Å². The van der Waals surface area contributed by atoms with Crippen molar-refractivity contribution in [2.45, 2.75) is 6.92 Å². The van der Waals surface area contributed by atoms with Crippen LogP contribution < -0.4 is 20.1 Å². The van der Waals surface area contributed by atoms with Crippen LogP contribution in [0.2, 0.25) is 0 Å². The van der Waals surface area contributed by atoms with Crippen LogP contribution in [0.5, 0.6) is 11.5 Å². The summed E-state index contributed by atoms with van der Waals surface area (Å²) in [6.45, 7) is 2.61. The Kier molecular flexibility index (Phi) is 4.94. The van der Waals surface area contributed by atoms with Gasteiger partial charge in [0.25, 0.3) is 5.91 Å². The second-order valence-corrected chi connectivity index (χ2v) is 6.25. The Morgan fingerprint density at radius 3 is 2.48 bits per heavy atom. The third kappa shape index (κ3) is 4.23. The lowest BCUT2D eigenvalue weighted by Crippen LogP contribution is -2.16. The van der Waals surface area contributed by atoms with Crippen molar-refractivity contribution in [3.63, 3.8) is 0 Å². The summed E-state index contributed by atoms with van der Waals surface area (Å²) in [5.41, 5.74) is 0.883. The van der Waals surface area contributed by atoms with Gasteiger partial charge in [0, 0.05) is 29.6 Å². The summed E-state index contributed by atoms with van der Waals surface area (Å²) in [5, 5.41) is 5.58. The Bertz CT molecular complexity index is 1090. The second kappa shape index (κ2) is 7.70. The number of aryl methyl sites for hydroxylation is 1. The first-order valence-corrected chi connectivity index (χ1v) is 8.77. The van der Waals surface area contributed by atoms with Crippen LogP contribution in [0, 0.1) is 18.6 Å². The molecule has 1 aliphatic heterocycles. The van der Waals surface area contributed by atoms with Crippen LogP contribution in [0.25, 0.3) is 0 Å². The molecule has 1 amide bonds. The van der Waals surface area contributed by atoms with E-state index in [-0.39, 0.29) is 11.4 Å². The molecule has 0 saturated heterocycles. The molecule has 0 aliphatic carbocycles. The van der Waals surface area contributed by atoms with Crippen molar-refractivity contribution in [3.8, 4) is 11.5 Å². The van der Waals surface area contributed by atoms with E-state index in [0.717, 1.165) is 12.1 Å². The molecule has 0 bridgehead atoms. The number of aromatic nitrogens is 2. The van der Waals surface area contributed by atoms with E-state index in [1.165, 1.54) is 12.1 Å². The minimum atomic E-state index is -1.05. The van der Waals surface area contributed by atoms with E-state index < -0.39 is 17.5 Å². The number of nitrogens with one attached hydrogen (secondary N) is 2. The van der Waals surface area contributed by atoms with E-state index in [1.54, 1.807) is 25.1 Å². The fourth-order valence-corrected chi connectivity index (χ4v) is 2.79. The monoisotopic (exact) mass is 398 g/mol. The van der Waals surface area contributed by atoms with E-state index in [4.69, 9.17) is 9.47 Å². The van der Waals surface area contributed by atoms with Crippen LogP contribution >= 0.6 is 0 Å². The molecular formula is C20H16F2N4O3. The number of anilines is 3. The summed E-state index contributed by atoms with van der Waals surface area (Å²) in [4.78, 5) is 20.9. The van der Waals surface area contributed by atoms with E-state index >= 15 is 0 Å². The normalized spacial score (nSPS) is 12.4. The number of ether oxygens (including phenoxy) is 2. The van der Waals surface area contributed by atoms with Gasteiger partial charge in [0.1, 0.15) is 30.5 Å². The summed E-state index contributed by atoms with van der Waals surface area (Å²) in [6, 6.07) is 9.90. The summed E-state index contributed by atoms with van der Waals surface area (Å²) >= 11 is 0. The summed E-state index contributed by atoms with van der Waals surface area (Å²) < 4.78 is 37.4. The minimum Gasteiger partial charge on any atom is -0.486 e. The van der Waals surface area contributed by atoms with Gasteiger partial charge in [-0.25, -0.2) is 18.7 Å². The Hall–Kier alpha value is -3.75. The van der Waals surface area contributed by atoms with Crippen molar-refractivity contribution in [2.75, 3.05) is 23.8 Å². The number of amides is 1. The number of fused-ring (bicyclic) bond motifs is 1. The molecule has 0 spiro atoms. The lowest BCUT2D eigenvalue weighted by Gasteiger charge is -2.19. The number of rotatable bonds is 4. The van der Waals surface area contributed by atoms with Crippen molar-refractivity contribution in [1.29, 1.82) is 0 Å². The van der Waals surface area contributed by atoms with Crippen LogP contribution in [0.3, 0.4) is 0 Å². The average molecular weight is 398 g/mol. The van der Waals surface area contributed by atoms with E-state index in [9.17, 15) is 13.6 Å². The Balaban J connectivity index is 1.54. The van der Waals surface area contributed by atoms with Gasteiger partial charge in [-0.05, 0) is 31.2 Å². The van der Waals surface area contributed by atoms with Crippen molar-refractivity contribution in [3.05, 3.63) is 65.6 Å². The molecule has 3 aromatic rings. The maximum atomic E-state index is 13.3. The van der Waals surface area contributed by atoms with E-state index in [0.29, 0.717) is 42.0 Å². The van der Waals surface area contributed by atoms with Gasteiger partial charge in [-0.15, -0.1) is 0 Å². The van der Waals surface area contributed by atoms with Gasteiger partial charge in [0.15, 0.2) is 23.1 Å². The van der Waals surface area contributed by atoms with Gasteiger partial charge in [-0.2, -0.15) is 0 Å². The third-order valence-corrected chi connectivity index (χ3v) is 4.06. The molecule has 2 heterocycles. The molecule has 0 fully saturated rings. The zero-order valence-corrected chi connectivity index (χ0v) is 15.3. The fraction of sp³-hybridized carbons (Fsp3) is 0.150. The number of hydrogen-bond donors (Lipinski definition) is 2. The maximum Gasteiger partial charge on any atom is 0.274 e. The van der Waals surface area contributed by atoms with Gasteiger partial charge in [0.2, 0.25) is 0 Å². The largest absolute Gasteiger partial charge is 0.486 e. The highest BCUT2D eigenvalue weighted by molar-refractivity contribution is 6.03. The van der Waals surface area contributed by atoms with E-state index in [2.05, 4.69) is 20.6 Å². The molecule has 4 rings (SSSR count). The number of nitrogens with zero attached hydrogens (tertiary/aromatic N) is 2. The van der Waals surface area contributed by atoms with Crippen LogP contribution in [-0.4, -0.2) is 29.1 Å². The van der Waals surface area contributed by atoms with Crippen molar-refractivity contribution >= 4 is 23.1 Å². The minimum absolute atomic E-state index is 0.0716. The first-order valence-electron chi connectivity index (χ1n) is 8.77. The maximum absolute atomic E-state index is 13.3. The molecule has 7 nitrogen and oxygen atoms in total. The molecular weight excluding hydrogens is 382 g/mol. The van der Waals surface area contributed by atoms with Crippen LogP contribution in [0.4, 0.5) is 26.0 Å². The highest BCUT2D eigenvalue weighted by atomic mass is 19.2. The Labute approximate surface area is 164 Å². The zero-order valence-electron chi connectivity index (χ0n) is 15.3. The third-order valence-electron chi connectivity index (χ3n) is 4.06. The smallest absolute Gasteiger partial charge is 0.274 e. The number of carbonyl (C=O) groups excluding carboxylic acids is 1. The van der Waals surface area contributed by atoms with Crippen LogP contribution in [0.1, 0.15) is 16.3 Å². The Morgan fingerprint density at radius 2 is 1.69 bits per heavy atom. The average Bonchev–Trinajstić information content (AvgIpc) is 2.70. The second-order valence-electron chi connectivity index (χ2n) is 6.25. The molecule has 2 aromatic carbocycles. The molecule has 0 unspecified atom stereocenters. The predicted molar refractivity (Wildman–Crippen MR) is 102 cm³/mol.